The number of unbranched alkanes of at least 4 members (excludes halogenated alkanes) is 57. The van der Waals surface area contributed by atoms with Crippen LogP contribution in [-0.2, 0) is 14.3 Å². The van der Waals surface area contributed by atoms with E-state index in [-0.39, 0.29) is 18.5 Å². The molecule has 77 heavy (non-hydrogen) atoms. The summed E-state index contributed by atoms with van der Waals surface area (Å²) in [7, 11) is 0. The van der Waals surface area contributed by atoms with Gasteiger partial charge in [0.15, 0.2) is 0 Å². The summed E-state index contributed by atoms with van der Waals surface area (Å²) in [6.45, 7) is 5.00. The zero-order valence-corrected chi connectivity index (χ0v) is 52.7. The molecule has 6 nitrogen and oxygen atoms in total. The van der Waals surface area contributed by atoms with Crippen LogP contribution < -0.4 is 5.32 Å². The van der Waals surface area contributed by atoms with Gasteiger partial charge >= 0.3 is 5.97 Å². The number of esters is 1. The Bertz CT molecular complexity index is 1120. The number of ether oxygens (including phenoxy) is 1. The molecule has 0 aliphatic rings. The third kappa shape index (κ3) is 63.9. The van der Waals surface area contributed by atoms with Gasteiger partial charge in [-0.1, -0.05) is 380 Å². The molecule has 0 heterocycles. The molecule has 0 fully saturated rings. The van der Waals surface area contributed by atoms with Crippen molar-refractivity contribution in [3.8, 4) is 0 Å². The van der Waals surface area contributed by atoms with Crippen LogP contribution in [0.4, 0.5) is 0 Å². The van der Waals surface area contributed by atoms with E-state index in [1.807, 2.05) is 0 Å². The molecule has 0 saturated heterocycles. The minimum atomic E-state index is -0.661. The largest absolute Gasteiger partial charge is 0.466 e. The maximum absolute atomic E-state index is 12.5. The second-order valence-electron chi connectivity index (χ2n) is 24.9. The lowest BCUT2D eigenvalue weighted by Gasteiger charge is -2.22. The first-order valence-electron chi connectivity index (χ1n) is 35.8. The van der Waals surface area contributed by atoms with Crippen LogP contribution in [0.1, 0.15) is 418 Å². The van der Waals surface area contributed by atoms with Gasteiger partial charge in [-0.2, -0.15) is 0 Å². The molecule has 0 aromatic carbocycles. The Hall–Kier alpha value is -1.14. The molecule has 3 N–H and O–H groups in total. The molecule has 0 radical (unpaired) electrons. The average molecular weight is 1090 g/mol. The lowest BCUT2D eigenvalue weighted by atomic mass is 10.0. The van der Waals surface area contributed by atoms with E-state index in [1.54, 1.807) is 0 Å². The van der Waals surface area contributed by atoms with Gasteiger partial charge in [0.05, 0.1) is 25.4 Å². The van der Waals surface area contributed by atoms with E-state index in [0.717, 1.165) is 38.5 Å². The Labute approximate surface area is 483 Å². The highest BCUT2D eigenvalue weighted by Crippen LogP contribution is 2.20. The third-order valence-electron chi connectivity index (χ3n) is 17.2. The van der Waals surface area contributed by atoms with Crippen molar-refractivity contribution >= 4 is 11.9 Å². The number of amides is 1. The summed E-state index contributed by atoms with van der Waals surface area (Å²) < 4.78 is 5.52. The van der Waals surface area contributed by atoms with E-state index in [9.17, 15) is 19.8 Å². The van der Waals surface area contributed by atoms with Crippen LogP contribution in [0.25, 0.3) is 0 Å². The highest BCUT2D eigenvalue weighted by molar-refractivity contribution is 5.76. The van der Waals surface area contributed by atoms with Crippen LogP contribution in [0.2, 0.25) is 0 Å². The smallest absolute Gasteiger partial charge is 0.305 e. The Morgan fingerprint density at radius 2 is 0.532 bits per heavy atom. The van der Waals surface area contributed by atoms with Crippen molar-refractivity contribution < 1.29 is 24.5 Å². The van der Waals surface area contributed by atoms with Gasteiger partial charge in [-0.25, -0.2) is 0 Å². The highest BCUT2D eigenvalue weighted by Gasteiger charge is 2.20. The number of aliphatic hydroxyl groups is 2. The minimum Gasteiger partial charge on any atom is -0.466 e. The predicted molar refractivity (Wildman–Crippen MR) is 338 cm³/mol. The molecule has 2 atom stereocenters. The van der Waals surface area contributed by atoms with Gasteiger partial charge in [0.1, 0.15) is 0 Å². The molecule has 0 spiro atoms. The predicted octanol–water partition coefficient (Wildman–Crippen LogP) is 23.0. The van der Waals surface area contributed by atoms with Crippen molar-refractivity contribution in [1.29, 1.82) is 0 Å². The maximum Gasteiger partial charge on any atom is 0.305 e. The van der Waals surface area contributed by atoms with Gasteiger partial charge < -0.3 is 20.3 Å². The Morgan fingerprint density at radius 3 is 0.792 bits per heavy atom. The van der Waals surface area contributed by atoms with Gasteiger partial charge in [0, 0.05) is 12.8 Å². The molecule has 1 amide bonds. The van der Waals surface area contributed by atoms with Crippen LogP contribution in [-0.4, -0.2) is 47.4 Å². The molecule has 460 valence electrons. The van der Waals surface area contributed by atoms with Crippen LogP contribution in [0.15, 0.2) is 0 Å². The molecule has 0 aliphatic carbocycles. The molecule has 0 rings (SSSR count). The molecular weight excluding hydrogens is 947 g/mol. The standard InChI is InChI=1S/C71H141NO5/c1-3-5-7-9-11-13-15-17-19-20-30-34-37-41-45-49-53-57-61-65-71(76)77-66-62-58-54-50-46-42-38-35-32-29-27-25-23-21-22-24-26-28-31-33-36-40-44-48-52-56-60-64-70(75)72-68(67-73)69(74)63-59-55-51-47-43-39-18-16-14-12-10-8-6-4-2/h68-69,73-74H,3-67H2,1-2H3,(H,72,75). The topological polar surface area (TPSA) is 95.9 Å². The highest BCUT2D eigenvalue weighted by atomic mass is 16.5. The van der Waals surface area contributed by atoms with Crippen molar-refractivity contribution in [3.05, 3.63) is 0 Å². The van der Waals surface area contributed by atoms with E-state index in [2.05, 4.69) is 19.2 Å². The number of carbonyl (C=O) groups excluding carboxylic acids is 2. The molecule has 0 bridgehead atoms. The van der Waals surface area contributed by atoms with E-state index < -0.39 is 12.1 Å². The summed E-state index contributed by atoms with van der Waals surface area (Å²) in [5.41, 5.74) is 0. The fourth-order valence-electron chi connectivity index (χ4n) is 11.7. The van der Waals surface area contributed by atoms with Crippen LogP contribution in [0.3, 0.4) is 0 Å². The molecule has 0 saturated carbocycles. The number of hydrogen-bond donors (Lipinski definition) is 3. The number of aliphatic hydroxyl groups excluding tert-OH is 2. The Kier molecular flexibility index (Phi) is 66.4. The van der Waals surface area contributed by atoms with E-state index in [1.165, 1.54) is 347 Å². The lowest BCUT2D eigenvalue weighted by molar-refractivity contribution is -0.143. The Morgan fingerprint density at radius 1 is 0.312 bits per heavy atom. The average Bonchev–Trinajstić information content (AvgIpc) is 3.43. The van der Waals surface area contributed by atoms with E-state index in [0.29, 0.717) is 25.9 Å². The normalized spacial score (nSPS) is 12.4. The maximum atomic E-state index is 12.5. The third-order valence-corrected chi connectivity index (χ3v) is 17.2. The number of hydrogen-bond acceptors (Lipinski definition) is 5. The van der Waals surface area contributed by atoms with Crippen molar-refractivity contribution in [2.24, 2.45) is 0 Å². The van der Waals surface area contributed by atoms with Gasteiger partial charge in [0.25, 0.3) is 0 Å². The summed E-state index contributed by atoms with van der Waals surface area (Å²) in [6.07, 6.45) is 81.6. The summed E-state index contributed by atoms with van der Waals surface area (Å²) >= 11 is 0. The fraction of sp³-hybridized carbons (Fsp3) is 0.972. The van der Waals surface area contributed by atoms with Crippen LogP contribution >= 0.6 is 0 Å². The first-order valence-corrected chi connectivity index (χ1v) is 35.8. The van der Waals surface area contributed by atoms with E-state index in [4.69, 9.17) is 4.74 Å². The minimum absolute atomic E-state index is 0.0242. The Balaban J connectivity index is 3.30. The number of carbonyl (C=O) groups is 2. The number of nitrogens with one attached hydrogen (secondary N) is 1. The molecule has 0 aromatic rings. The summed E-state index contributed by atoms with van der Waals surface area (Å²) in [5.74, 6) is -0.00462. The van der Waals surface area contributed by atoms with Crippen molar-refractivity contribution in [1.82, 2.24) is 5.32 Å². The second kappa shape index (κ2) is 67.4. The first-order chi connectivity index (χ1) is 38.0. The zero-order chi connectivity index (χ0) is 55.7. The molecule has 6 heteroatoms. The molecular formula is C71H141NO5. The van der Waals surface area contributed by atoms with Gasteiger partial charge in [-0.3, -0.25) is 9.59 Å². The molecule has 0 aromatic heterocycles. The van der Waals surface area contributed by atoms with Gasteiger partial charge in [-0.15, -0.1) is 0 Å². The van der Waals surface area contributed by atoms with Crippen molar-refractivity contribution in [2.75, 3.05) is 13.2 Å². The van der Waals surface area contributed by atoms with Gasteiger partial charge in [0.2, 0.25) is 5.91 Å². The molecule has 2 unspecified atom stereocenters. The van der Waals surface area contributed by atoms with Crippen molar-refractivity contribution in [2.45, 2.75) is 431 Å². The first kappa shape index (κ1) is 75.9. The fourth-order valence-corrected chi connectivity index (χ4v) is 11.7. The summed E-state index contributed by atoms with van der Waals surface area (Å²) in [6, 6.07) is -0.538. The molecule has 0 aliphatic heterocycles. The van der Waals surface area contributed by atoms with Crippen LogP contribution in [0, 0.1) is 0 Å². The number of rotatable bonds is 68. The second-order valence-corrected chi connectivity index (χ2v) is 24.9. The monoisotopic (exact) mass is 1090 g/mol. The summed E-state index contributed by atoms with van der Waals surface area (Å²) in [5, 5.41) is 23.3. The quantitative estimate of drug-likeness (QED) is 0.0417. The van der Waals surface area contributed by atoms with Gasteiger partial charge in [-0.05, 0) is 25.7 Å². The SMILES string of the molecule is CCCCCCCCCCCCCCCCCCCCCC(=O)OCCCCCCCCCCCCCCCCCCCCCCCCCCCCCC(=O)NC(CO)C(O)CCCCCCCCCCCCCCCC. The zero-order valence-electron chi connectivity index (χ0n) is 52.7. The summed E-state index contributed by atoms with van der Waals surface area (Å²) in [4.78, 5) is 24.6. The van der Waals surface area contributed by atoms with E-state index >= 15 is 0 Å². The lowest BCUT2D eigenvalue weighted by Crippen LogP contribution is -2.45. The van der Waals surface area contributed by atoms with Crippen LogP contribution in [0.5, 0.6) is 0 Å². The van der Waals surface area contributed by atoms with Crippen molar-refractivity contribution in [3.63, 3.8) is 0 Å².